The Bertz CT molecular complexity index is 1010. The lowest BCUT2D eigenvalue weighted by Gasteiger charge is -2.13. The molecule has 0 saturated carbocycles. The molecule has 0 saturated heterocycles. The summed E-state index contributed by atoms with van der Waals surface area (Å²) >= 11 is 0. The smallest absolute Gasteiger partial charge is 0.251 e. The van der Waals surface area contributed by atoms with Gasteiger partial charge in [-0.2, -0.15) is 0 Å². The van der Waals surface area contributed by atoms with Crippen LogP contribution in [-0.2, 0) is 19.4 Å². The predicted octanol–water partition coefficient (Wildman–Crippen LogP) is 4.38. The molecule has 2 aromatic carbocycles. The van der Waals surface area contributed by atoms with Crippen molar-refractivity contribution in [3.05, 3.63) is 71.0 Å². The SMILES string of the molecule is CCc1c(-c2ccccc2)c(C(N)=O)c(C)n1CCc1ccc(OC)c(OC)c1. The fraction of sp³-hybridized carbons (Fsp3) is 0.292. The molecular formula is C24H28N2O3. The zero-order valence-corrected chi connectivity index (χ0v) is 17.5. The number of carbonyl (C=O) groups is 1. The standard InChI is InChI=1S/C24H28N2O3/c1-5-19-23(18-9-7-6-8-10-18)22(24(25)27)16(2)26(19)14-13-17-11-12-20(28-3)21(15-17)29-4/h6-12,15H,5,13-14H2,1-4H3,(H2,25,27). The van der Waals surface area contributed by atoms with Crippen LogP contribution in [0.25, 0.3) is 11.1 Å². The van der Waals surface area contributed by atoms with Crippen LogP contribution in [0.2, 0.25) is 0 Å². The number of carbonyl (C=O) groups excluding carboxylic acids is 1. The van der Waals surface area contributed by atoms with Gasteiger partial charge in [0, 0.05) is 23.5 Å². The largest absolute Gasteiger partial charge is 0.493 e. The van der Waals surface area contributed by atoms with Crippen molar-refractivity contribution in [2.45, 2.75) is 33.2 Å². The molecule has 1 amide bonds. The molecule has 5 nitrogen and oxygen atoms in total. The number of benzene rings is 2. The Labute approximate surface area is 172 Å². The fourth-order valence-corrected chi connectivity index (χ4v) is 3.96. The zero-order chi connectivity index (χ0) is 21.0. The van der Waals surface area contributed by atoms with E-state index in [4.69, 9.17) is 15.2 Å². The van der Waals surface area contributed by atoms with Crippen LogP contribution in [0.1, 0.15) is 34.2 Å². The fourth-order valence-electron chi connectivity index (χ4n) is 3.96. The maximum absolute atomic E-state index is 12.3. The molecular weight excluding hydrogens is 364 g/mol. The van der Waals surface area contributed by atoms with Gasteiger partial charge in [0.2, 0.25) is 0 Å². The third-order valence-electron chi connectivity index (χ3n) is 5.35. The van der Waals surface area contributed by atoms with Gasteiger partial charge in [-0.3, -0.25) is 4.79 Å². The molecule has 0 aliphatic heterocycles. The molecule has 0 aliphatic carbocycles. The molecule has 3 aromatic rings. The van der Waals surface area contributed by atoms with Gasteiger partial charge in [-0.15, -0.1) is 0 Å². The zero-order valence-electron chi connectivity index (χ0n) is 17.5. The molecule has 0 fully saturated rings. The number of methoxy groups -OCH3 is 2. The van der Waals surface area contributed by atoms with Crippen LogP contribution in [0.4, 0.5) is 0 Å². The van der Waals surface area contributed by atoms with Crippen LogP contribution in [-0.4, -0.2) is 24.7 Å². The van der Waals surface area contributed by atoms with Crippen LogP contribution in [0.5, 0.6) is 11.5 Å². The number of aryl methyl sites for hydroxylation is 1. The molecule has 0 bridgehead atoms. The van der Waals surface area contributed by atoms with Gasteiger partial charge in [-0.05, 0) is 43.0 Å². The number of hydrogen-bond acceptors (Lipinski definition) is 3. The van der Waals surface area contributed by atoms with Crippen molar-refractivity contribution in [2.24, 2.45) is 5.73 Å². The number of primary amides is 1. The summed E-state index contributed by atoms with van der Waals surface area (Å²) in [7, 11) is 3.27. The van der Waals surface area contributed by atoms with E-state index in [0.717, 1.165) is 47.5 Å². The van der Waals surface area contributed by atoms with Crippen molar-refractivity contribution in [1.82, 2.24) is 4.57 Å². The minimum atomic E-state index is -0.388. The van der Waals surface area contributed by atoms with E-state index in [1.807, 2.05) is 55.5 Å². The highest BCUT2D eigenvalue weighted by Gasteiger charge is 2.23. The van der Waals surface area contributed by atoms with Gasteiger partial charge < -0.3 is 19.8 Å². The van der Waals surface area contributed by atoms with Crippen molar-refractivity contribution in [3.63, 3.8) is 0 Å². The summed E-state index contributed by atoms with van der Waals surface area (Å²) < 4.78 is 13.0. The van der Waals surface area contributed by atoms with Crippen molar-refractivity contribution in [2.75, 3.05) is 14.2 Å². The monoisotopic (exact) mass is 392 g/mol. The van der Waals surface area contributed by atoms with Gasteiger partial charge in [0.1, 0.15) is 0 Å². The van der Waals surface area contributed by atoms with E-state index in [1.54, 1.807) is 14.2 Å². The number of hydrogen-bond donors (Lipinski definition) is 1. The van der Waals surface area contributed by atoms with Crippen LogP contribution in [0.15, 0.2) is 48.5 Å². The van der Waals surface area contributed by atoms with Crippen molar-refractivity contribution < 1.29 is 14.3 Å². The average molecular weight is 392 g/mol. The molecule has 0 unspecified atom stereocenters. The second-order valence-corrected chi connectivity index (χ2v) is 6.96. The summed E-state index contributed by atoms with van der Waals surface area (Å²) in [4.78, 5) is 12.3. The lowest BCUT2D eigenvalue weighted by atomic mass is 9.99. The first-order chi connectivity index (χ1) is 14.0. The molecule has 0 spiro atoms. The number of rotatable bonds is 8. The highest BCUT2D eigenvalue weighted by molar-refractivity contribution is 6.02. The topological polar surface area (TPSA) is 66.5 Å². The molecule has 2 N–H and O–H groups in total. The molecule has 0 aliphatic rings. The first kappa shape index (κ1) is 20.5. The summed E-state index contributed by atoms with van der Waals surface area (Å²) in [6.07, 6.45) is 1.61. The number of nitrogens with zero attached hydrogens (tertiary/aromatic N) is 1. The second kappa shape index (κ2) is 8.86. The van der Waals surface area contributed by atoms with Gasteiger partial charge in [-0.25, -0.2) is 0 Å². The molecule has 3 rings (SSSR count). The van der Waals surface area contributed by atoms with Gasteiger partial charge in [-0.1, -0.05) is 43.3 Å². The number of aromatic nitrogens is 1. The lowest BCUT2D eigenvalue weighted by Crippen LogP contribution is -2.14. The molecule has 0 atom stereocenters. The van der Waals surface area contributed by atoms with Crippen molar-refractivity contribution in [3.8, 4) is 22.6 Å². The Morgan fingerprint density at radius 2 is 1.72 bits per heavy atom. The van der Waals surface area contributed by atoms with E-state index < -0.39 is 0 Å². The van der Waals surface area contributed by atoms with E-state index in [2.05, 4.69) is 11.5 Å². The Morgan fingerprint density at radius 3 is 2.31 bits per heavy atom. The summed E-state index contributed by atoms with van der Waals surface area (Å²) in [6, 6.07) is 15.9. The summed E-state index contributed by atoms with van der Waals surface area (Å²) in [5.41, 5.74) is 11.5. The lowest BCUT2D eigenvalue weighted by molar-refractivity contribution is 0.1000. The first-order valence-corrected chi connectivity index (χ1v) is 9.79. The summed E-state index contributed by atoms with van der Waals surface area (Å²) in [5.74, 6) is 1.04. The van der Waals surface area contributed by atoms with Crippen molar-refractivity contribution in [1.29, 1.82) is 0 Å². The maximum atomic E-state index is 12.3. The molecule has 29 heavy (non-hydrogen) atoms. The Kier molecular flexibility index (Phi) is 6.27. The summed E-state index contributed by atoms with van der Waals surface area (Å²) in [5, 5.41) is 0. The second-order valence-electron chi connectivity index (χ2n) is 6.96. The van der Waals surface area contributed by atoms with Crippen LogP contribution < -0.4 is 15.2 Å². The highest BCUT2D eigenvalue weighted by atomic mass is 16.5. The third kappa shape index (κ3) is 3.99. The molecule has 1 aromatic heterocycles. The van der Waals surface area contributed by atoms with Crippen LogP contribution in [0.3, 0.4) is 0 Å². The minimum Gasteiger partial charge on any atom is -0.493 e. The first-order valence-electron chi connectivity index (χ1n) is 9.79. The van der Waals surface area contributed by atoms with Crippen molar-refractivity contribution >= 4 is 5.91 Å². The maximum Gasteiger partial charge on any atom is 0.251 e. The number of nitrogens with two attached hydrogens (primary N) is 1. The van der Waals surface area contributed by atoms with E-state index >= 15 is 0 Å². The highest BCUT2D eigenvalue weighted by Crippen LogP contribution is 2.34. The normalized spacial score (nSPS) is 10.8. The van der Waals surface area contributed by atoms with Gasteiger partial charge in [0.15, 0.2) is 11.5 Å². The quantitative estimate of drug-likeness (QED) is 0.618. The van der Waals surface area contributed by atoms with E-state index in [-0.39, 0.29) is 5.91 Å². The molecule has 152 valence electrons. The number of amides is 1. The van der Waals surface area contributed by atoms with Gasteiger partial charge in [0.25, 0.3) is 5.91 Å². The average Bonchev–Trinajstić information content (AvgIpc) is 3.04. The van der Waals surface area contributed by atoms with Crippen LogP contribution >= 0.6 is 0 Å². The molecule has 5 heteroatoms. The third-order valence-corrected chi connectivity index (χ3v) is 5.35. The van der Waals surface area contributed by atoms with E-state index in [1.165, 1.54) is 0 Å². The Morgan fingerprint density at radius 1 is 1.03 bits per heavy atom. The Hall–Kier alpha value is -3.21. The van der Waals surface area contributed by atoms with Gasteiger partial charge >= 0.3 is 0 Å². The minimum absolute atomic E-state index is 0.388. The predicted molar refractivity (Wildman–Crippen MR) is 116 cm³/mol. The molecule has 0 radical (unpaired) electrons. The van der Waals surface area contributed by atoms with E-state index in [9.17, 15) is 4.79 Å². The Balaban J connectivity index is 2.01. The van der Waals surface area contributed by atoms with Gasteiger partial charge in [0.05, 0.1) is 19.8 Å². The molecule has 1 heterocycles. The summed E-state index contributed by atoms with van der Waals surface area (Å²) in [6.45, 7) is 4.83. The van der Waals surface area contributed by atoms with Crippen LogP contribution in [0, 0.1) is 6.92 Å². The number of ether oxygens (including phenoxy) is 2. The van der Waals surface area contributed by atoms with E-state index in [0.29, 0.717) is 17.1 Å².